The minimum Gasteiger partial charge on any atom is -0.492 e. The summed E-state index contributed by atoms with van der Waals surface area (Å²) in [4.78, 5) is 13.8. The van der Waals surface area contributed by atoms with Gasteiger partial charge in [-0.3, -0.25) is 4.79 Å². The molecule has 5 nitrogen and oxygen atoms in total. The highest BCUT2D eigenvalue weighted by Gasteiger charge is 2.40. The van der Waals surface area contributed by atoms with Crippen LogP contribution in [0.15, 0.2) is 47.4 Å². The molecule has 1 aliphatic rings. The second kappa shape index (κ2) is 7.95. The number of unbranched alkanes of at least 4 members (excludes halogenated alkanes) is 2. The molecule has 6 heteroatoms. The number of anilines is 1. The van der Waals surface area contributed by atoms with Gasteiger partial charge < -0.3 is 9.64 Å². The van der Waals surface area contributed by atoms with E-state index < -0.39 is 15.3 Å². The molecule has 1 heterocycles. The van der Waals surface area contributed by atoms with E-state index in [9.17, 15) is 13.2 Å². The smallest absolute Gasteiger partial charge is 0.214 e. The van der Waals surface area contributed by atoms with Crippen molar-refractivity contribution in [1.82, 2.24) is 0 Å². The highest BCUT2D eigenvalue weighted by atomic mass is 32.2. The van der Waals surface area contributed by atoms with Crippen molar-refractivity contribution in [3.63, 3.8) is 0 Å². The first-order chi connectivity index (χ1) is 13.3. The molecule has 1 aliphatic heterocycles. The van der Waals surface area contributed by atoms with Crippen LogP contribution in [0.3, 0.4) is 0 Å². The lowest BCUT2D eigenvalue weighted by Crippen LogP contribution is -2.31. The van der Waals surface area contributed by atoms with E-state index in [1.54, 1.807) is 17.0 Å². The van der Waals surface area contributed by atoms with Crippen molar-refractivity contribution in [2.45, 2.75) is 43.4 Å². The molecule has 0 N–H and O–H groups in total. The van der Waals surface area contributed by atoms with Crippen LogP contribution in [0.25, 0.3) is 0 Å². The fourth-order valence-corrected chi connectivity index (χ4v) is 4.42. The summed E-state index contributed by atoms with van der Waals surface area (Å²) in [6.07, 6.45) is 5.20. The number of fused-ring (bicyclic) bond motifs is 1. The second-order valence-corrected chi connectivity index (χ2v) is 9.59. The third-order valence-electron chi connectivity index (χ3n) is 5.43. The van der Waals surface area contributed by atoms with Gasteiger partial charge in [0.15, 0.2) is 9.84 Å². The molecule has 0 saturated carbocycles. The fourth-order valence-electron chi connectivity index (χ4n) is 3.78. The molecule has 0 saturated heterocycles. The number of benzene rings is 2. The normalized spacial score (nSPS) is 18.4. The number of sulfone groups is 1. The van der Waals surface area contributed by atoms with Gasteiger partial charge in [0.1, 0.15) is 12.4 Å². The van der Waals surface area contributed by atoms with Crippen LogP contribution in [0.5, 0.6) is 5.75 Å². The molecule has 2 aromatic rings. The number of ether oxygens (including phenoxy) is 1. The molecule has 2 aromatic carbocycles. The predicted octanol–water partition coefficient (Wildman–Crippen LogP) is 3.94. The van der Waals surface area contributed by atoms with E-state index >= 15 is 0 Å². The topological polar surface area (TPSA) is 63.7 Å². The molecule has 28 heavy (non-hydrogen) atoms. The lowest BCUT2D eigenvalue weighted by molar-refractivity contribution is -0.107. The van der Waals surface area contributed by atoms with Crippen LogP contribution in [-0.4, -0.2) is 34.2 Å². The maximum absolute atomic E-state index is 11.9. The molecular formula is C22H27NO4S. The van der Waals surface area contributed by atoms with Gasteiger partial charge in [0.2, 0.25) is 6.41 Å². The Morgan fingerprint density at radius 3 is 2.57 bits per heavy atom. The van der Waals surface area contributed by atoms with Crippen LogP contribution in [0, 0.1) is 0 Å². The van der Waals surface area contributed by atoms with Crippen LogP contribution in [-0.2, 0) is 20.0 Å². The number of hydrogen-bond donors (Lipinski definition) is 0. The van der Waals surface area contributed by atoms with E-state index in [1.807, 2.05) is 30.3 Å². The van der Waals surface area contributed by atoms with E-state index in [0.29, 0.717) is 18.9 Å². The molecular weight excluding hydrogens is 374 g/mol. The molecule has 0 bridgehead atoms. The number of carbonyl (C=O) groups is 1. The first kappa shape index (κ1) is 20.4. The number of rotatable bonds is 8. The zero-order valence-corrected chi connectivity index (χ0v) is 17.5. The zero-order chi connectivity index (χ0) is 20.4. The average molecular weight is 402 g/mol. The molecule has 0 radical (unpaired) electrons. The maximum atomic E-state index is 11.9. The molecule has 0 fully saturated rings. The Bertz CT molecular complexity index is 970. The Hall–Kier alpha value is -2.34. The predicted molar refractivity (Wildman–Crippen MR) is 111 cm³/mol. The van der Waals surface area contributed by atoms with Gasteiger partial charge in [-0.25, -0.2) is 8.42 Å². The Kier molecular flexibility index (Phi) is 5.79. The Balaban J connectivity index is 2.03. The summed E-state index contributed by atoms with van der Waals surface area (Å²) in [6, 6.07) is 12.9. The van der Waals surface area contributed by atoms with Crippen LogP contribution in [0.4, 0.5) is 5.69 Å². The third-order valence-corrected chi connectivity index (χ3v) is 6.54. The number of nitrogens with zero attached hydrogens (tertiary/aromatic N) is 1. The summed E-state index contributed by atoms with van der Waals surface area (Å²) < 4.78 is 29.6. The van der Waals surface area contributed by atoms with Crippen molar-refractivity contribution in [2.75, 3.05) is 24.3 Å². The van der Waals surface area contributed by atoms with Gasteiger partial charge in [0.25, 0.3) is 0 Å². The quantitative estimate of drug-likeness (QED) is 0.496. The second-order valence-electron chi connectivity index (χ2n) is 7.57. The van der Waals surface area contributed by atoms with E-state index in [4.69, 9.17) is 4.74 Å². The van der Waals surface area contributed by atoms with Gasteiger partial charge in [-0.1, -0.05) is 44.0 Å². The van der Waals surface area contributed by atoms with Crippen molar-refractivity contribution in [2.24, 2.45) is 0 Å². The average Bonchev–Trinajstić information content (AvgIpc) is 3.02. The molecule has 3 rings (SSSR count). The number of carbonyl (C=O) groups excluding carboxylic acids is 1. The van der Waals surface area contributed by atoms with Gasteiger partial charge in [-0.15, -0.1) is 0 Å². The van der Waals surface area contributed by atoms with Crippen molar-refractivity contribution in [3.05, 3.63) is 53.6 Å². The molecule has 0 spiro atoms. The number of amides is 1. The molecule has 1 amide bonds. The van der Waals surface area contributed by atoms with E-state index in [0.717, 1.165) is 42.5 Å². The fraction of sp³-hybridized carbons (Fsp3) is 0.409. The van der Waals surface area contributed by atoms with Crippen LogP contribution < -0.4 is 9.64 Å². The van der Waals surface area contributed by atoms with E-state index in [2.05, 4.69) is 13.8 Å². The third kappa shape index (κ3) is 3.78. The van der Waals surface area contributed by atoms with Gasteiger partial charge in [0.05, 0.1) is 10.3 Å². The van der Waals surface area contributed by atoms with Crippen LogP contribution >= 0.6 is 0 Å². The van der Waals surface area contributed by atoms with Crippen molar-refractivity contribution < 1.29 is 17.9 Å². The van der Waals surface area contributed by atoms with Gasteiger partial charge in [-0.2, -0.15) is 0 Å². The maximum Gasteiger partial charge on any atom is 0.214 e. The first-order valence-electron chi connectivity index (χ1n) is 9.60. The SMILES string of the molecule is CCCCCN(C=O)c1ccccc1C1(C)COc2cc(S(C)(=O)=O)ccc21. The molecule has 0 aromatic heterocycles. The standard InChI is InChI=1S/C22H27NO4S/c1-4-5-8-13-23(16-24)20-10-7-6-9-18(20)22(2)15-27-21-14-17(28(3,25)26)11-12-19(21)22/h6-7,9-12,14,16H,4-5,8,13,15H2,1-3H3. The molecule has 1 atom stereocenters. The summed E-state index contributed by atoms with van der Waals surface area (Å²) in [6.45, 7) is 5.28. The Morgan fingerprint density at radius 2 is 1.89 bits per heavy atom. The zero-order valence-electron chi connectivity index (χ0n) is 16.6. The molecule has 1 unspecified atom stereocenters. The summed E-state index contributed by atoms with van der Waals surface area (Å²) in [7, 11) is -3.30. The van der Waals surface area contributed by atoms with Gasteiger partial charge in [0, 0.05) is 24.1 Å². The van der Waals surface area contributed by atoms with E-state index in [-0.39, 0.29) is 4.90 Å². The highest BCUT2D eigenvalue weighted by Crippen LogP contribution is 2.46. The van der Waals surface area contributed by atoms with Crippen LogP contribution in [0.2, 0.25) is 0 Å². The minimum absolute atomic E-state index is 0.248. The van der Waals surface area contributed by atoms with Gasteiger partial charge in [-0.05, 0) is 37.1 Å². The number of para-hydroxylation sites is 1. The van der Waals surface area contributed by atoms with Crippen LogP contribution in [0.1, 0.15) is 44.2 Å². The Morgan fingerprint density at radius 1 is 1.14 bits per heavy atom. The summed E-state index contributed by atoms with van der Waals surface area (Å²) in [5.41, 5.74) is 2.35. The lowest BCUT2D eigenvalue weighted by Gasteiger charge is -2.30. The van der Waals surface area contributed by atoms with Crippen molar-refractivity contribution in [3.8, 4) is 5.75 Å². The molecule has 0 aliphatic carbocycles. The summed E-state index contributed by atoms with van der Waals surface area (Å²) in [5.74, 6) is 0.587. The van der Waals surface area contributed by atoms with Crippen molar-refractivity contribution in [1.29, 1.82) is 0 Å². The summed E-state index contributed by atoms with van der Waals surface area (Å²) in [5, 5.41) is 0. The highest BCUT2D eigenvalue weighted by molar-refractivity contribution is 7.90. The Labute approximate surface area is 167 Å². The monoisotopic (exact) mass is 401 g/mol. The first-order valence-corrected chi connectivity index (χ1v) is 11.5. The number of hydrogen-bond acceptors (Lipinski definition) is 4. The largest absolute Gasteiger partial charge is 0.492 e. The molecule has 150 valence electrons. The van der Waals surface area contributed by atoms with E-state index in [1.165, 1.54) is 6.26 Å². The lowest BCUT2D eigenvalue weighted by atomic mass is 9.77. The van der Waals surface area contributed by atoms with Gasteiger partial charge >= 0.3 is 0 Å². The summed E-state index contributed by atoms with van der Waals surface area (Å²) >= 11 is 0. The van der Waals surface area contributed by atoms with Crippen molar-refractivity contribution >= 4 is 21.9 Å². The minimum atomic E-state index is -3.30.